The number of aromatic nitrogens is 3. The van der Waals surface area contributed by atoms with E-state index < -0.39 is 0 Å². The maximum atomic E-state index is 6.15. The number of halogens is 1. The standard InChI is InChI=1S/C23H23ClN6S/c24-16-7-8-19-20(15-16)31-23(27-19)30-13-11-29(12-14-30)22-21(28-9-3-4-10-28)25-17-5-1-2-6-18(17)26-22/h1-2,5-8,15H,3-4,9-14H2. The molecule has 2 aromatic carbocycles. The molecule has 0 amide bonds. The SMILES string of the molecule is Clc1ccc2nc(N3CCN(c4nc5ccccc5nc4N4CCCC4)CC3)sc2c1. The molecule has 0 aliphatic carbocycles. The fourth-order valence-electron chi connectivity index (χ4n) is 4.47. The van der Waals surface area contributed by atoms with E-state index >= 15 is 0 Å². The van der Waals surface area contributed by atoms with Crippen molar-refractivity contribution in [1.82, 2.24) is 15.0 Å². The summed E-state index contributed by atoms with van der Waals surface area (Å²) < 4.78 is 1.14. The Kier molecular flexibility index (Phi) is 4.80. The van der Waals surface area contributed by atoms with Gasteiger partial charge in [0.2, 0.25) is 0 Å². The van der Waals surface area contributed by atoms with E-state index in [1.807, 2.05) is 30.3 Å². The van der Waals surface area contributed by atoms with Crippen molar-refractivity contribution in [2.45, 2.75) is 12.8 Å². The zero-order chi connectivity index (χ0) is 20.8. The Bertz CT molecular complexity index is 1240. The second-order valence-electron chi connectivity index (χ2n) is 8.14. The summed E-state index contributed by atoms with van der Waals surface area (Å²) in [6, 6.07) is 14.1. The van der Waals surface area contributed by atoms with E-state index in [4.69, 9.17) is 26.6 Å². The summed E-state index contributed by atoms with van der Waals surface area (Å²) in [4.78, 5) is 22.1. The van der Waals surface area contributed by atoms with Gasteiger partial charge in [0, 0.05) is 44.3 Å². The lowest BCUT2D eigenvalue weighted by Crippen LogP contribution is -2.47. The molecular formula is C23H23ClN6S. The van der Waals surface area contributed by atoms with Crippen LogP contribution >= 0.6 is 22.9 Å². The van der Waals surface area contributed by atoms with Crippen LogP contribution in [0.5, 0.6) is 0 Å². The molecule has 2 aliphatic rings. The van der Waals surface area contributed by atoms with Gasteiger partial charge in [-0.25, -0.2) is 15.0 Å². The van der Waals surface area contributed by atoms with Gasteiger partial charge < -0.3 is 14.7 Å². The minimum absolute atomic E-state index is 0.761. The van der Waals surface area contributed by atoms with Crippen LogP contribution < -0.4 is 14.7 Å². The number of thiazole rings is 1. The van der Waals surface area contributed by atoms with Crippen molar-refractivity contribution in [1.29, 1.82) is 0 Å². The van der Waals surface area contributed by atoms with Gasteiger partial charge in [-0.15, -0.1) is 0 Å². The van der Waals surface area contributed by atoms with Crippen LogP contribution in [0.15, 0.2) is 42.5 Å². The molecular weight excluding hydrogens is 428 g/mol. The second kappa shape index (κ2) is 7.80. The average molecular weight is 451 g/mol. The summed E-state index contributed by atoms with van der Waals surface area (Å²) in [5, 5.41) is 1.83. The molecule has 0 N–H and O–H groups in total. The van der Waals surface area contributed by atoms with Crippen LogP contribution in [-0.2, 0) is 0 Å². The summed E-state index contributed by atoms with van der Waals surface area (Å²) in [7, 11) is 0. The molecule has 4 heterocycles. The van der Waals surface area contributed by atoms with Gasteiger partial charge in [-0.05, 0) is 43.2 Å². The predicted molar refractivity (Wildman–Crippen MR) is 130 cm³/mol. The topological polar surface area (TPSA) is 48.4 Å². The van der Waals surface area contributed by atoms with Crippen LogP contribution in [0.25, 0.3) is 21.3 Å². The van der Waals surface area contributed by atoms with Crippen LogP contribution in [-0.4, -0.2) is 54.2 Å². The fraction of sp³-hybridized carbons (Fsp3) is 0.348. The van der Waals surface area contributed by atoms with Gasteiger partial charge in [0.25, 0.3) is 0 Å². The highest BCUT2D eigenvalue weighted by atomic mass is 35.5. The Labute approximate surface area is 190 Å². The number of hydrogen-bond donors (Lipinski definition) is 0. The molecule has 2 saturated heterocycles. The maximum absolute atomic E-state index is 6.15. The van der Waals surface area contributed by atoms with Gasteiger partial charge in [0.05, 0.1) is 21.3 Å². The van der Waals surface area contributed by atoms with Crippen LogP contribution in [0, 0.1) is 0 Å². The Balaban J connectivity index is 1.28. The first-order chi connectivity index (χ1) is 15.2. The Morgan fingerprint density at radius 2 is 1.29 bits per heavy atom. The minimum atomic E-state index is 0.761. The van der Waals surface area contributed by atoms with E-state index in [-0.39, 0.29) is 0 Å². The molecule has 0 saturated carbocycles. The zero-order valence-electron chi connectivity index (χ0n) is 17.2. The Morgan fingerprint density at radius 1 is 0.677 bits per heavy atom. The highest BCUT2D eigenvalue weighted by Gasteiger charge is 2.26. The predicted octanol–water partition coefficient (Wildman–Crippen LogP) is 4.82. The first kappa shape index (κ1) is 19.1. The fourth-order valence-corrected chi connectivity index (χ4v) is 5.76. The van der Waals surface area contributed by atoms with Crippen LogP contribution in [0.1, 0.15) is 12.8 Å². The summed E-state index contributed by atoms with van der Waals surface area (Å²) in [5.41, 5.74) is 2.95. The van der Waals surface area contributed by atoms with Crippen molar-refractivity contribution in [3.8, 4) is 0 Å². The van der Waals surface area contributed by atoms with Crippen molar-refractivity contribution in [3.63, 3.8) is 0 Å². The Morgan fingerprint density at radius 3 is 1.97 bits per heavy atom. The van der Waals surface area contributed by atoms with Crippen molar-refractivity contribution in [2.24, 2.45) is 0 Å². The third-order valence-corrected chi connectivity index (χ3v) is 7.44. The van der Waals surface area contributed by atoms with Gasteiger partial charge in [-0.2, -0.15) is 0 Å². The van der Waals surface area contributed by atoms with Crippen LogP contribution in [0.4, 0.5) is 16.8 Å². The number of nitrogens with zero attached hydrogens (tertiary/aromatic N) is 6. The van der Waals surface area contributed by atoms with Crippen LogP contribution in [0.3, 0.4) is 0 Å². The first-order valence-corrected chi connectivity index (χ1v) is 12.0. The lowest BCUT2D eigenvalue weighted by molar-refractivity contribution is 0.645. The maximum Gasteiger partial charge on any atom is 0.186 e. The molecule has 8 heteroatoms. The number of fused-ring (bicyclic) bond motifs is 2. The lowest BCUT2D eigenvalue weighted by atomic mass is 10.2. The highest BCUT2D eigenvalue weighted by molar-refractivity contribution is 7.22. The number of anilines is 3. The van der Waals surface area contributed by atoms with E-state index in [2.05, 4.69) is 26.8 Å². The van der Waals surface area contributed by atoms with E-state index in [0.29, 0.717) is 0 Å². The van der Waals surface area contributed by atoms with Crippen molar-refractivity contribution in [3.05, 3.63) is 47.5 Å². The molecule has 0 spiro atoms. The van der Waals surface area contributed by atoms with E-state index in [1.165, 1.54) is 12.8 Å². The molecule has 0 unspecified atom stereocenters. The van der Waals surface area contributed by atoms with Crippen molar-refractivity contribution < 1.29 is 0 Å². The van der Waals surface area contributed by atoms with E-state index in [9.17, 15) is 0 Å². The summed E-state index contributed by atoms with van der Waals surface area (Å²) in [6.45, 7) is 5.78. The number of piperazine rings is 1. The van der Waals surface area contributed by atoms with Gasteiger partial charge in [-0.1, -0.05) is 35.1 Å². The van der Waals surface area contributed by atoms with E-state index in [1.54, 1.807) is 11.3 Å². The molecule has 0 bridgehead atoms. The largest absolute Gasteiger partial charge is 0.354 e. The monoisotopic (exact) mass is 450 g/mol. The summed E-state index contributed by atoms with van der Waals surface area (Å²) >= 11 is 7.87. The van der Waals surface area contributed by atoms with Crippen molar-refractivity contribution >= 4 is 61.0 Å². The zero-order valence-corrected chi connectivity index (χ0v) is 18.7. The molecule has 0 radical (unpaired) electrons. The summed E-state index contributed by atoms with van der Waals surface area (Å²) in [6.07, 6.45) is 2.45. The van der Waals surface area contributed by atoms with Crippen molar-refractivity contribution in [2.75, 3.05) is 54.0 Å². The molecule has 31 heavy (non-hydrogen) atoms. The quantitative estimate of drug-likeness (QED) is 0.446. The molecule has 0 atom stereocenters. The first-order valence-electron chi connectivity index (χ1n) is 10.8. The second-order valence-corrected chi connectivity index (χ2v) is 9.58. The number of benzene rings is 2. The average Bonchev–Trinajstić information content (AvgIpc) is 3.48. The molecule has 4 aromatic rings. The molecule has 6 rings (SSSR count). The van der Waals surface area contributed by atoms with E-state index in [0.717, 1.165) is 82.3 Å². The summed E-state index contributed by atoms with van der Waals surface area (Å²) in [5.74, 6) is 2.07. The number of para-hydroxylation sites is 2. The highest BCUT2D eigenvalue weighted by Crippen LogP contribution is 2.34. The van der Waals surface area contributed by atoms with Crippen LogP contribution in [0.2, 0.25) is 5.02 Å². The normalized spacial score (nSPS) is 17.3. The molecule has 2 aromatic heterocycles. The molecule has 2 aliphatic heterocycles. The molecule has 158 valence electrons. The Hall–Kier alpha value is -2.64. The van der Waals surface area contributed by atoms with Gasteiger partial charge >= 0.3 is 0 Å². The van der Waals surface area contributed by atoms with Gasteiger partial charge in [-0.3, -0.25) is 0 Å². The smallest absolute Gasteiger partial charge is 0.186 e. The number of hydrogen-bond acceptors (Lipinski definition) is 7. The molecule has 6 nitrogen and oxygen atoms in total. The third-order valence-electron chi connectivity index (χ3n) is 6.13. The minimum Gasteiger partial charge on any atom is -0.354 e. The van der Waals surface area contributed by atoms with Gasteiger partial charge in [0.1, 0.15) is 0 Å². The lowest BCUT2D eigenvalue weighted by Gasteiger charge is -2.36. The number of rotatable bonds is 3. The van der Waals surface area contributed by atoms with Gasteiger partial charge in [0.15, 0.2) is 16.8 Å². The third kappa shape index (κ3) is 3.55. The molecule has 2 fully saturated rings.